The molecule has 0 aromatic carbocycles. The quantitative estimate of drug-likeness (QED) is 0.0934. The molecule has 0 aliphatic rings. The van der Waals surface area contributed by atoms with Gasteiger partial charge in [0.1, 0.15) is 0 Å². The fraction of sp³-hybridized carbons (Fsp3) is 0.850. The maximum Gasteiger partial charge on any atom is 0.384 e. The van der Waals surface area contributed by atoms with Crippen molar-refractivity contribution in [2.75, 3.05) is 26.4 Å². The summed E-state index contributed by atoms with van der Waals surface area (Å²) >= 11 is 0. The molecule has 0 amide bonds. The number of alkyl halides is 12. The summed E-state index contributed by atoms with van der Waals surface area (Å²) in [5.74, 6) is -42.8. The van der Waals surface area contributed by atoms with Crippen LogP contribution in [0.15, 0.2) is 12.2 Å². The van der Waals surface area contributed by atoms with Gasteiger partial charge in [-0.3, -0.25) is 0 Å². The molecule has 0 rings (SSSR count). The molecule has 0 heterocycles. The number of unbranched alkanes of at least 4 members (excludes halogenated alkanes) is 2. The second-order valence-corrected chi connectivity index (χ2v) is 7.78. The van der Waals surface area contributed by atoms with E-state index in [1.807, 2.05) is 0 Å². The number of aliphatic hydroxyl groups is 1. The molecule has 0 fully saturated rings. The zero-order valence-electron chi connectivity index (χ0n) is 19.0. The number of halogens is 12. The largest absolute Gasteiger partial charge is 0.462 e. The molecule has 0 aliphatic heterocycles. The summed E-state index contributed by atoms with van der Waals surface area (Å²) in [7, 11) is 0. The van der Waals surface area contributed by atoms with E-state index >= 15 is 0 Å². The molecule has 4 nitrogen and oxygen atoms in total. The zero-order chi connectivity index (χ0) is 28.6. The van der Waals surface area contributed by atoms with Crippen molar-refractivity contribution in [1.29, 1.82) is 0 Å². The van der Waals surface area contributed by atoms with Gasteiger partial charge in [-0.05, 0) is 12.8 Å². The molecule has 0 radical (unpaired) electrons. The first-order valence-corrected chi connectivity index (χ1v) is 10.5. The number of carbonyl (C=O) groups excluding carboxylic acids is 1. The highest BCUT2D eigenvalue weighted by molar-refractivity contribution is 5.87. The van der Waals surface area contributed by atoms with E-state index in [9.17, 15) is 57.5 Å². The Bertz CT molecular complexity index is 725. The maximum absolute atomic E-state index is 13.9. The number of aliphatic hydroxyl groups excluding tert-OH is 1. The maximum atomic E-state index is 13.9. The van der Waals surface area contributed by atoms with Crippen molar-refractivity contribution in [1.82, 2.24) is 0 Å². The van der Waals surface area contributed by atoms with Gasteiger partial charge < -0.3 is 14.6 Å². The summed E-state index contributed by atoms with van der Waals surface area (Å²) < 4.78 is 175. The highest BCUT2D eigenvalue weighted by Crippen LogP contribution is 2.61. The summed E-state index contributed by atoms with van der Waals surface area (Å²) in [6.07, 6.45) is -6.74. The van der Waals surface area contributed by atoms with Gasteiger partial charge in [-0.2, -0.15) is 52.7 Å². The van der Waals surface area contributed by atoms with E-state index in [-0.39, 0.29) is 19.4 Å². The highest BCUT2D eigenvalue weighted by atomic mass is 19.4. The van der Waals surface area contributed by atoms with E-state index < -0.39 is 92.6 Å². The Morgan fingerprint density at radius 1 is 0.722 bits per heavy atom. The van der Waals surface area contributed by atoms with Crippen LogP contribution in [0.25, 0.3) is 0 Å². The van der Waals surface area contributed by atoms with Gasteiger partial charge in [0.2, 0.25) is 0 Å². The minimum Gasteiger partial charge on any atom is -0.462 e. The van der Waals surface area contributed by atoms with Crippen LogP contribution >= 0.6 is 0 Å². The average molecular weight is 558 g/mol. The SMILES string of the molecule is C=C(COCCO)C(=O)OCCCC(F)(F)C(F)(F)C(F)(F)C(F)(F)C(F)(F)C(F)(F)CCCCC. The van der Waals surface area contributed by atoms with E-state index in [1.165, 1.54) is 6.92 Å². The second kappa shape index (κ2) is 12.7. The third-order valence-electron chi connectivity index (χ3n) is 4.86. The molecule has 16 heteroatoms. The Kier molecular flexibility index (Phi) is 12.1. The van der Waals surface area contributed by atoms with E-state index in [0.29, 0.717) is 0 Å². The van der Waals surface area contributed by atoms with Gasteiger partial charge >= 0.3 is 41.5 Å². The zero-order valence-corrected chi connectivity index (χ0v) is 19.0. The molecule has 36 heavy (non-hydrogen) atoms. The van der Waals surface area contributed by atoms with Crippen molar-refractivity contribution in [3.05, 3.63) is 12.2 Å². The molecule has 1 N–H and O–H groups in total. The van der Waals surface area contributed by atoms with Crippen molar-refractivity contribution in [2.45, 2.75) is 81.0 Å². The Morgan fingerprint density at radius 3 is 1.58 bits per heavy atom. The average Bonchev–Trinajstić information content (AvgIpc) is 2.76. The molecule has 0 bridgehead atoms. The predicted octanol–water partition coefficient (Wildman–Crippen LogP) is 6.27. The van der Waals surface area contributed by atoms with Crippen LogP contribution in [0.4, 0.5) is 52.7 Å². The van der Waals surface area contributed by atoms with Crippen LogP contribution in [0, 0.1) is 0 Å². The molecular formula is C20H26F12O4. The lowest BCUT2D eigenvalue weighted by Gasteiger charge is -2.41. The third-order valence-corrected chi connectivity index (χ3v) is 4.86. The van der Waals surface area contributed by atoms with E-state index in [4.69, 9.17) is 5.11 Å². The Hall–Kier alpha value is -1.71. The summed E-state index contributed by atoms with van der Waals surface area (Å²) in [6.45, 7) is 2.26. The summed E-state index contributed by atoms with van der Waals surface area (Å²) in [5, 5.41) is 8.49. The van der Waals surface area contributed by atoms with Gasteiger partial charge in [-0.25, -0.2) is 4.79 Å². The van der Waals surface area contributed by atoms with Crippen molar-refractivity contribution in [3.63, 3.8) is 0 Å². The molecule has 0 aromatic heterocycles. The summed E-state index contributed by atoms with van der Waals surface area (Å²) in [6, 6.07) is 0. The lowest BCUT2D eigenvalue weighted by molar-refractivity contribution is -0.425. The van der Waals surface area contributed by atoms with Crippen LogP contribution in [-0.2, 0) is 14.3 Å². The van der Waals surface area contributed by atoms with Crippen molar-refractivity contribution >= 4 is 5.97 Å². The Labute approximate surface area is 198 Å². The first kappa shape index (κ1) is 34.3. The smallest absolute Gasteiger partial charge is 0.384 e. The van der Waals surface area contributed by atoms with Crippen LogP contribution < -0.4 is 0 Å². The fourth-order valence-corrected chi connectivity index (χ4v) is 2.64. The van der Waals surface area contributed by atoms with E-state index in [1.54, 1.807) is 0 Å². The van der Waals surface area contributed by atoms with Gasteiger partial charge in [0.15, 0.2) is 0 Å². The van der Waals surface area contributed by atoms with Crippen LogP contribution in [0.3, 0.4) is 0 Å². The second-order valence-electron chi connectivity index (χ2n) is 7.78. The number of esters is 1. The molecular weight excluding hydrogens is 532 g/mol. The normalized spacial score (nSPS) is 14.2. The van der Waals surface area contributed by atoms with Crippen molar-refractivity contribution in [2.24, 2.45) is 0 Å². The molecule has 0 saturated heterocycles. The number of ether oxygens (including phenoxy) is 2. The van der Waals surface area contributed by atoms with Crippen LogP contribution in [0.2, 0.25) is 0 Å². The lowest BCUT2D eigenvalue weighted by atomic mass is 9.88. The van der Waals surface area contributed by atoms with Gasteiger partial charge in [0.05, 0.1) is 32.0 Å². The first-order chi connectivity index (χ1) is 16.2. The van der Waals surface area contributed by atoms with Crippen LogP contribution in [0.5, 0.6) is 0 Å². The topological polar surface area (TPSA) is 55.8 Å². The van der Waals surface area contributed by atoms with E-state index in [2.05, 4.69) is 16.1 Å². The van der Waals surface area contributed by atoms with Gasteiger partial charge in [0, 0.05) is 12.8 Å². The summed E-state index contributed by atoms with van der Waals surface area (Å²) in [5.41, 5.74) is -0.422. The minimum atomic E-state index is -7.61. The predicted molar refractivity (Wildman–Crippen MR) is 101 cm³/mol. The number of hydrogen-bond acceptors (Lipinski definition) is 4. The highest BCUT2D eigenvalue weighted by Gasteiger charge is 2.89. The van der Waals surface area contributed by atoms with Gasteiger partial charge in [0.25, 0.3) is 0 Å². The number of rotatable bonds is 18. The van der Waals surface area contributed by atoms with E-state index in [0.717, 1.165) is 0 Å². The fourth-order valence-electron chi connectivity index (χ4n) is 2.64. The molecule has 0 unspecified atom stereocenters. The van der Waals surface area contributed by atoms with Gasteiger partial charge in [-0.1, -0.05) is 26.3 Å². The number of carbonyl (C=O) groups is 1. The van der Waals surface area contributed by atoms with Crippen molar-refractivity contribution in [3.8, 4) is 0 Å². The third kappa shape index (κ3) is 7.19. The molecule has 0 aromatic rings. The molecule has 0 spiro atoms. The monoisotopic (exact) mass is 558 g/mol. The van der Waals surface area contributed by atoms with Crippen LogP contribution in [-0.4, -0.2) is 73.0 Å². The Morgan fingerprint density at radius 2 is 1.17 bits per heavy atom. The molecule has 0 atom stereocenters. The summed E-state index contributed by atoms with van der Waals surface area (Å²) in [4.78, 5) is 11.5. The van der Waals surface area contributed by atoms with Crippen molar-refractivity contribution < 1.29 is 72.1 Å². The molecule has 0 saturated carbocycles. The number of hydrogen-bond donors (Lipinski definition) is 1. The standard InChI is InChI=1S/C20H26F12O4/c1-3-4-5-7-15(21,22)17(25,26)19(29,30)20(31,32)18(27,28)16(23,24)8-6-10-36-14(34)13(2)12-35-11-9-33/h33H,2-12H2,1H3. The molecule has 214 valence electrons. The van der Waals surface area contributed by atoms with Gasteiger partial charge in [-0.15, -0.1) is 0 Å². The van der Waals surface area contributed by atoms with Crippen LogP contribution in [0.1, 0.15) is 45.4 Å². The lowest BCUT2D eigenvalue weighted by Crippen LogP contribution is -2.70. The first-order valence-electron chi connectivity index (χ1n) is 10.5. The molecule has 0 aliphatic carbocycles. The minimum absolute atomic E-state index is 0.124. The Balaban J connectivity index is 5.47.